The third-order valence-corrected chi connectivity index (χ3v) is 8.83. The molecule has 6 rings (SSSR count). The van der Waals surface area contributed by atoms with Crippen LogP contribution in [0.1, 0.15) is 97.7 Å². The number of nitrogens with zero attached hydrogens (tertiary/aromatic N) is 4. The molecule has 2 N–H and O–H groups in total. The highest BCUT2D eigenvalue weighted by molar-refractivity contribution is 5.95. The van der Waals surface area contributed by atoms with Crippen LogP contribution < -0.4 is 10.6 Å². The Morgan fingerprint density at radius 3 is 2.43 bits per heavy atom. The number of aromatic nitrogens is 4. The average Bonchev–Trinajstić information content (AvgIpc) is 3.50. The molecular weight excluding hydrogens is 591 g/mol. The second-order valence-electron chi connectivity index (χ2n) is 12.5. The van der Waals surface area contributed by atoms with Crippen LogP contribution in [0.3, 0.4) is 0 Å². The van der Waals surface area contributed by atoms with E-state index >= 15 is 0 Å². The van der Waals surface area contributed by atoms with E-state index in [-0.39, 0.29) is 43.1 Å². The predicted octanol–water partition coefficient (Wildman–Crippen LogP) is 5.21. The number of carbonyl (C=O) groups excluding carboxylic acids is 2. The fourth-order valence-corrected chi connectivity index (χ4v) is 6.06. The maximum atomic E-state index is 14.1. The van der Waals surface area contributed by atoms with E-state index in [2.05, 4.69) is 20.9 Å². The second-order valence-corrected chi connectivity index (χ2v) is 12.5. The van der Waals surface area contributed by atoms with Gasteiger partial charge in [0.25, 0.3) is 5.91 Å². The molecule has 1 saturated heterocycles. The van der Waals surface area contributed by atoms with Crippen molar-refractivity contribution >= 4 is 17.5 Å². The Balaban J connectivity index is 1.26. The highest BCUT2D eigenvalue weighted by atomic mass is 19.4. The first-order valence-corrected chi connectivity index (χ1v) is 14.7. The molecule has 3 aromatic rings. The molecule has 238 valence electrons. The van der Waals surface area contributed by atoms with Gasteiger partial charge in [-0.3, -0.25) is 9.59 Å². The van der Waals surface area contributed by atoms with Gasteiger partial charge in [0.05, 0.1) is 55.2 Å². The summed E-state index contributed by atoms with van der Waals surface area (Å²) in [5.41, 5.74) is 1.62. The van der Waals surface area contributed by atoms with Crippen molar-refractivity contribution in [2.75, 3.05) is 13.2 Å². The molecule has 3 aromatic heterocycles. The van der Waals surface area contributed by atoms with Crippen molar-refractivity contribution in [3.63, 3.8) is 0 Å². The minimum Gasteiger partial charge on any atom is -0.379 e. The number of carbonyl (C=O) groups is 2. The molecule has 0 spiro atoms. The van der Waals surface area contributed by atoms with E-state index in [0.29, 0.717) is 35.8 Å². The fraction of sp³-hybridized carbons (Fsp3) is 0.621. The molecule has 1 aliphatic heterocycles. The lowest BCUT2D eigenvalue weighted by Gasteiger charge is -2.37. The summed E-state index contributed by atoms with van der Waals surface area (Å²) in [7, 11) is 0. The van der Waals surface area contributed by atoms with Gasteiger partial charge in [0.15, 0.2) is 5.65 Å². The molecule has 2 aliphatic carbocycles. The number of ether oxygens (including phenoxy) is 1. The minimum absolute atomic E-state index is 0.0696. The molecule has 2 amide bonds. The molecule has 15 heteroatoms. The molecule has 2 atom stereocenters. The molecule has 10 nitrogen and oxygen atoms in total. The summed E-state index contributed by atoms with van der Waals surface area (Å²) in [5, 5.41) is 14.2. The Morgan fingerprint density at radius 2 is 1.80 bits per heavy atom. The first kappa shape index (κ1) is 30.4. The lowest BCUT2D eigenvalue weighted by Crippen LogP contribution is -2.46. The maximum absolute atomic E-state index is 14.1. The van der Waals surface area contributed by atoms with Crippen LogP contribution in [0, 0.1) is 11.8 Å². The highest BCUT2D eigenvalue weighted by Gasteiger charge is 2.43. The molecule has 1 unspecified atom stereocenters. The first-order valence-electron chi connectivity index (χ1n) is 14.7. The van der Waals surface area contributed by atoms with Crippen molar-refractivity contribution in [2.24, 2.45) is 11.8 Å². The van der Waals surface area contributed by atoms with E-state index < -0.39 is 54.3 Å². The van der Waals surface area contributed by atoms with Crippen LogP contribution in [0.25, 0.3) is 5.65 Å². The van der Waals surface area contributed by atoms with Crippen LogP contribution in [0.5, 0.6) is 0 Å². The number of nitrogens with one attached hydrogen (secondary N) is 2. The van der Waals surface area contributed by atoms with Crippen molar-refractivity contribution in [1.82, 2.24) is 30.4 Å². The number of fused-ring (bicyclic) bond motifs is 1. The van der Waals surface area contributed by atoms with Gasteiger partial charge in [-0.15, -0.1) is 0 Å². The van der Waals surface area contributed by atoms with Crippen LogP contribution in [0.4, 0.5) is 22.0 Å². The Bertz CT molecular complexity index is 1520. The highest BCUT2D eigenvalue weighted by Crippen LogP contribution is 2.43. The molecule has 0 radical (unpaired) electrons. The smallest absolute Gasteiger partial charge is 0.379 e. The Kier molecular flexibility index (Phi) is 7.87. The number of imidazole rings is 1. The van der Waals surface area contributed by atoms with Crippen molar-refractivity contribution in [3.05, 3.63) is 47.2 Å². The number of alkyl halides is 5. The Hall–Kier alpha value is -3.62. The van der Waals surface area contributed by atoms with E-state index in [4.69, 9.17) is 14.2 Å². The van der Waals surface area contributed by atoms with Gasteiger partial charge in [-0.25, -0.2) is 18.3 Å². The van der Waals surface area contributed by atoms with Crippen molar-refractivity contribution in [2.45, 2.75) is 87.9 Å². The zero-order chi connectivity index (χ0) is 31.3. The van der Waals surface area contributed by atoms with Crippen molar-refractivity contribution < 1.29 is 40.8 Å². The predicted molar refractivity (Wildman–Crippen MR) is 144 cm³/mol. The Morgan fingerprint density at radius 1 is 1.09 bits per heavy atom. The van der Waals surface area contributed by atoms with Gasteiger partial charge in [-0.2, -0.15) is 18.3 Å². The summed E-state index contributed by atoms with van der Waals surface area (Å²) in [4.78, 5) is 30.6. The van der Waals surface area contributed by atoms with Crippen LogP contribution in [0.2, 0.25) is 0 Å². The lowest BCUT2D eigenvalue weighted by atomic mass is 9.80. The van der Waals surface area contributed by atoms with E-state index in [1.165, 1.54) is 17.0 Å². The maximum Gasteiger partial charge on any atom is 0.389 e. The normalized spacial score (nSPS) is 21.4. The summed E-state index contributed by atoms with van der Waals surface area (Å²) in [6, 6.07) is 0.457. The summed E-state index contributed by atoms with van der Waals surface area (Å²) in [6.07, 6.45) is -0.561. The van der Waals surface area contributed by atoms with Gasteiger partial charge in [0.1, 0.15) is 17.5 Å². The van der Waals surface area contributed by atoms with Gasteiger partial charge in [0.2, 0.25) is 11.8 Å². The van der Waals surface area contributed by atoms with Gasteiger partial charge in [0, 0.05) is 19.3 Å². The molecule has 0 bridgehead atoms. The van der Waals surface area contributed by atoms with Gasteiger partial charge >= 0.3 is 6.18 Å². The lowest BCUT2D eigenvalue weighted by molar-refractivity contribution is -0.144. The van der Waals surface area contributed by atoms with E-state index in [1.54, 1.807) is 12.3 Å². The number of amides is 2. The number of hydrogen-bond donors (Lipinski definition) is 2. The van der Waals surface area contributed by atoms with Crippen LogP contribution in [0.15, 0.2) is 29.2 Å². The van der Waals surface area contributed by atoms with Crippen molar-refractivity contribution in [3.8, 4) is 0 Å². The van der Waals surface area contributed by atoms with E-state index in [9.17, 15) is 31.5 Å². The molecule has 44 heavy (non-hydrogen) atoms. The van der Waals surface area contributed by atoms with Gasteiger partial charge in [-0.05, 0) is 56.1 Å². The van der Waals surface area contributed by atoms with E-state index in [0.717, 1.165) is 12.8 Å². The van der Waals surface area contributed by atoms with Gasteiger partial charge in [-0.1, -0.05) is 5.16 Å². The zero-order valence-corrected chi connectivity index (χ0v) is 24.0. The third kappa shape index (κ3) is 6.57. The Labute approximate surface area is 249 Å². The summed E-state index contributed by atoms with van der Waals surface area (Å²) in [6.45, 7) is 2.67. The van der Waals surface area contributed by atoms with Crippen LogP contribution in [-0.2, 0) is 14.9 Å². The van der Waals surface area contributed by atoms with E-state index in [1.807, 2.05) is 6.92 Å². The molecule has 4 heterocycles. The van der Waals surface area contributed by atoms with Crippen LogP contribution >= 0.6 is 0 Å². The fourth-order valence-electron chi connectivity index (χ4n) is 6.06. The molecule has 3 fully saturated rings. The average molecular weight is 625 g/mol. The third-order valence-electron chi connectivity index (χ3n) is 8.83. The first-order chi connectivity index (χ1) is 20.8. The summed E-state index contributed by atoms with van der Waals surface area (Å²) in [5.74, 6) is -4.21. The SMILES string of the molecule is CC1(c2nocc2C(=O)N[C@H](c2cn3ncc(C(NC(=O)CCC(F)(F)F)C4CC4)cc3n2)C2CCC(F)(F)CC2)COC1. The number of hydrogen-bond acceptors (Lipinski definition) is 7. The van der Waals surface area contributed by atoms with Gasteiger partial charge < -0.3 is 19.9 Å². The summed E-state index contributed by atoms with van der Waals surface area (Å²) < 4.78 is 78.0. The standard InChI is InChI=1S/C29H33F5N6O4/c1-27(14-43-15-27)25-19(13-44-39-25)26(42)38-24(17-4-7-28(30,31)8-5-17)20-12-40-21(36-20)10-18(11-35-40)23(16-2-3-16)37-22(41)6-9-29(32,33)34/h10-13,16-17,23-24H,2-9,14-15H2,1H3,(H,37,41)(H,38,42)/t23?,24-/m0/s1. The largest absolute Gasteiger partial charge is 0.389 e. The van der Waals surface area contributed by atoms with Crippen LogP contribution in [-0.4, -0.2) is 56.9 Å². The van der Waals surface area contributed by atoms with Crippen molar-refractivity contribution in [1.29, 1.82) is 0 Å². The zero-order valence-electron chi connectivity index (χ0n) is 24.0. The molecular formula is C29H33F5N6O4. The number of halogens is 5. The molecule has 0 aromatic carbocycles. The number of rotatable bonds is 10. The summed E-state index contributed by atoms with van der Waals surface area (Å²) >= 11 is 0. The molecule has 3 aliphatic rings. The minimum atomic E-state index is -4.43. The topological polar surface area (TPSA) is 124 Å². The second kappa shape index (κ2) is 11.4. The quantitative estimate of drug-likeness (QED) is 0.297. The monoisotopic (exact) mass is 624 g/mol. The molecule has 2 saturated carbocycles.